The number of carbonyl (C=O) groups excluding carboxylic acids is 1. The molecular weight excluding hydrogens is 234 g/mol. The second-order valence-corrected chi connectivity index (χ2v) is 3.70. The molecule has 1 amide bonds. The van der Waals surface area contributed by atoms with Crippen LogP contribution in [0.15, 0.2) is 30.3 Å². The zero-order valence-corrected chi connectivity index (χ0v) is 9.38. The molecule has 92 valence electrons. The predicted molar refractivity (Wildman–Crippen MR) is 66.4 cm³/mol. The number of nitrogens with two attached hydrogens (primary N) is 1. The first-order valence-corrected chi connectivity index (χ1v) is 5.23. The molecule has 0 radical (unpaired) electrons. The van der Waals surface area contributed by atoms with Gasteiger partial charge in [0.05, 0.1) is 12.1 Å². The quantitative estimate of drug-likeness (QED) is 0.739. The van der Waals surface area contributed by atoms with E-state index in [1.54, 1.807) is 24.3 Å². The molecule has 0 unspecified atom stereocenters. The van der Waals surface area contributed by atoms with Crippen LogP contribution in [0.3, 0.4) is 0 Å². The van der Waals surface area contributed by atoms with E-state index in [2.05, 4.69) is 10.3 Å². The molecule has 0 atom stereocenters. The van der Waals surface area contributed by atoms with Crippen LogP contribution in [0.25, 0.3) is 10.9 Å². The van der Waals surface area contributed by atoms with E-state index < -0.39 is 11.9 Å². The standard InChI is InChI=1S/C12H11N3O3/c13-11(16)6-14-9-5-10(12(17)18)15-8-4-2-1-3-7(8)9/h1-5H,6H2,(H2,13,16)(H,14,15)(H,17,18). The minimum Gasteiger partial charge on any atom is -0.477 e. The van der Waals surface area contributed by atoms with Crippen LogP contribution in [0.1, 0.15) is 10.5 Å². The fourth-order valence-corrected chi connectivity index (χ4v) is 1.61. The van der Waals surface area contributed by atoms with Gasteiger partial charge >= 0.3 is 5.97 Å². The van der Waals surface area contributed by atoms with Gasteiger partial charge in [0.25, 0.3) is 0 Å². The van der Waals surface area contributed by atoms with E-state index in [1.165, 1.54) is 6.07 Å². The Balaban J connectivity index is 2.53. The van der Waals surface area contributed by atoms with Crippen molar-refractivity contribution in [3.05, 3.63) is 36.0 Å². The van der Waals surface area contributed by atoms with E-state index in [1.807, 2.05) is 0 Å². The van der Waals surface area contributed by atoms with Crippen LogP contribution in [0.5, 0.6) is 0 Å². The van der Waals surface area contributed by atoms with Gasteiger partial charge in [-0.3, -0.25) is 4.79 Å². The topological polar surface area (TPSA) is 105 Å². The van der Waals surface area contributed by atoms with Crippen molar-refractivity contribution in [2.24, 2.45) is 5.73 Å². The number of aromatic nitrogens is 1. The molecule has 0 bridgehead atoms. The Morgan fingerprint density at radius 3 is 2.72 bits per heavy atom. The number of nitrogens with one attached hydrogen (secondary N) is 1. The van der Waals surface area contributed by atoms with Gasteiger partial charge in [0.15, 0.2) is 5.69 Å². The van der Waals surface area contributed by atoms with Gasteiger partial charge in [0.2, 0.25) is 5.91 Å². The molecule has 2 aromatic rings. The summed E-state index contributed by atoms with van der Waals surface area (Å²) in [7, 11) is 0. The van der Waals surface area contributed by atoms with Gasteiger partial charge in [-0.1, -0.05) is 18.2 Å². The Labute approximate surface area is 102 Å². The minimum atomic E-state index is -1.12. The first kappa shape index (κ1) is 11.8. The summed E-state index contributed by atoms with van der Waals surface area (Å²) >= 11 is 0. The predicted octanol–water partition coefficient (Wildman–Crippen LogP) is 0.830. The molecule has 1 aromatic carbocycles. The Kier molecular flexibility index (Phi) is 3.09. The van der Waals surface area contributed by atoms with Crippen molar-refractivity contribution in [1.29, 1.82) is 0 Å². The first-order valence-electron chi connectivity index (χ1n) is 5.23. The number of carboxylic acid groups (broad SMARTS) is 1. The number of carboxylic acids is 1. The molecule has 1 heterocycles. The number of fused-ring (bicyclic) bond motifs is 1. The Bertz CT molecular complexity index is 625. The van der Waals surface area contributed by atoms with Gasteiger partial charge in [-0.25, -0.2) is 9.78 Å². The highest BCUT2D eigenvalue weighted by atomic mass is 16.4. The Morgan fingerprint density at radius 2 is 2.06 bits per heavy atom. The van der Waals surface area contributed by atoms with Crippen LogP contribution in [0, 0.1) is 0 Å². The van der Waals surface area contributed by atoms with E-state index in [0.29, 0.717) is 11.2 Å². The third-order valence-corrected chi connectivity index (χ3v) is 2.39. The highest BCUT2D eigenvalue weighted by Gasteiger charge is 2.10. The third kappa shape index (κ3) is 2.37. The minimum absolute atomic E-state index is 0.0624. The maximum Gasteiger partial charge on any atom is 0.354 e. The molecule has 6 heteroatoms. The van der Waals surface area contributed by atoms with Gasteiger partial charge in [0, 0.05) is 11.1 Å². The lowest BCUT2D eigenvalue weighted by Crippen LogP contribution is -2.22. The largest absolute Gasteiger partial charge is 0.477 e. The van der Waals surface area contributed by atoms with E-state index >= 15 is 0 Å². The van der Waals surface area contributed by atoms with Crippen molar-refractivity contribution in [2.75, 3.05) is 11.9 Å². The Morgan fingerprint density at radius 1 is 1.33 bits per heavy atom. The number of anilines is 1. The summed E-state index contributed by atoms with van der Waals surface area (Å²) < 4.78 is 0. The average molecular weight is 245 g/mol. The molecule has 0 spiro atoms. The number of pyridine rings is 1. The van der Waals surface area contributed by atoms with E-state index in [4.69, 9.17) is 10.8 Å². The number of benzene rings is 1. The number of hydrogen-bond donors (Lipinski definition) is 3. The van der Waals surface area contributed by atoms with Crippen molar-refractivity contribution >= 4 is 28.5 Å². The van der Waals surface area contributed by atoms with Crippen molar-refractivity contribution in [2.45, 2.75) is 0 Å². The lowest BCUT2D eigenvalue weighted by Gasteiger charge is -2.09. The first-order chi connectivity index (χ1) is 8.58. The van der Waals surface area contributed by atoms with E-state index in [-0.39, 0.29) is 12.2 Å². The summed E-state index contributed by atoms with van der Waals surface area (Å²) in [5, 5.41) is 12.5. The van der Waals surface area contributed by atoms with Crippen LogP contribution in [0.4, 0.5) is 5.69 Å². The van der Waals surface area contributed by atoms with Crippen LogP contribution in [0.2, 0.25) is 0 Å². The second-order valence-electron chi connectivity index (χ2n) is 3.70. The number of primary amides is 1. The maximum absolute atomic E-state index is 11.0. The second kappa shape index (κ2) is 4.70. The summed E-state index contributed by atoms with van der Waals surface area (Å²) in [6.07, 6.45) is 0. The zero-order valence-electron chi connectivity index (χ0n) is 9.38. The highest BCUT2D eigenvalue weighted by molar-refractivity contribution is 5.97. The summed E-state index contributed by atoms with van der Waals surface area (Å²) in [5.41, 5.74) is 6.04. The molecule has 0 saturated heterocycles. The molecule has 2 rings (SSSR count). The third-order valence-electron chi connectivity index (χ3n) is 2.39. The van der Waals surface area contributed by atoms with Crippen molar-refractivity contribution in [3.63, 3.8) is 0 Å². The number of aromatic carboxylic acids is 1. The van der Waals surface area contributed by atoms with Crippen molar-refractivity contribution in [3.8, 4) is 0 Å². The molecule has 0 fully saturated rings. The Hall–Kier alpha value is -2.63. The lowest BCUT2D eigenvalue weighted by atomic mass is 10.1. The SMILES string of the molecule is NC(=O)CNc1cc(C(=O)O)nc2ccccc12. The zero-order chi connectivity index (χ0) is 13.1. The molecule has 0 aliphatic heterocycles. The lowest BCUT2D eigenvalue weighted by molar-refractivity contribution is -0.116. The normalized spacial score (nSPS) is 10.2. The van der Waals surface area contributed by atoms with Gasteiger partial charge < -0.3 is 16.2 Å². The number of hydrogen-bond acceptors (Lipinski definition) is 4. The number of rotatable bonds is 4. The van der Waals surface area contributed by atoms with E-state index in [9.17, 15) is 9.59 Å². The van der Waals surface area contributed by atoms with Crippen LogP contribution in [-0.4, -0.2) is 28.5 Å². The number of amides is 1. The fourth-order valence-electron chi connectivity index (χ4n) is 1.61. The monoisotopic (exact) mass is 245 g/mol. The van der Waals surface area contributed by atoms with E-state index in [0.717, 1.165) is 5.39 Å². The summed E-state index contributed by atoms with van der Waals surface area (Å²) in [4.78, 5) is 25.7. The van der Waals surface area contributed by atoms with Crippen molar-refractivity contribution in [1.82, 2.24) is 4.98 Å². The van der Waals surface area contributed by atoms with Crippen LogP contribution in [-0.2, 0) is 4.79 Å². The van der Waals surface area contributed by atoms with Gasteiger partial charge in [-0.2, -0.15) is 0 Å². The van der Waals surface area contributed by atoms with Gasteiger partial charge in [0.1, 0.15) is 0 Å². The number of carbonyl (C=O) groups is 2. The summed E-state index contributed by atoms with van der Waals surface area (Å²) in [6.45, 7) is -0.0624. The molecule has 1 aromatic heterocycles. The number of nitrogens with zero attached hydrogens (tertiary/aromatic N) is 1. The molecule has 4 N–H and O–H groups in total. The molecular formula is C12H11N3O3. The fraction of sp³-hybridized carbons (Fsp3) is 0.0833. The molecule has 0 saturated carbocycles. The van der Waals surface area contributed by atoms with Crippen molar-refractivity contribution < 1.29 is 14.7 Å². The van der Waals surface area contributed by atoms with Gasteiger partial charge in [-0.05, 0) is 12.1 Å². The average Bonchev–Trinajstić information content (AvgIpc) is 2.35. The summed E-state index contributed by atoms with van der Waals surface area (Å²) in [6, 6.07) is 8.45. The molecule has 0 aliphatic rings. The molecule has 0 aliphatic carbocycles. The summed E-state index contributed by atoms with van der Waals surface area (Å²) in [5.74, 6) is -1.64. The van der Waals surface area contributed by atoms with Gasteiger partial charge in [-0.15, -0.1) is 0 Å². The molecule has 6 nitrogen and oxygen atoms in total. The smallest absolute Gasteiger partial charge is 0.354 e. The highest BCUT2D eigenvalue weighted by Crippen LogP contribution is 2.22. The van der Waals surface area contributed by atoms with Crippen LogP contribution >= 0.6 is 0 Å². The maximum atomic E-state index is 11.0. The molecule has 18 heavy (non-hydrogen) atoms. The van der Waals surface area contributed by atoms with Crippen LogP contribution < -0.4 is 11.1 Å². The number of para-hydroxylation sites is 1.